The third-order valence-electron chi connectivity index (χ3n) is 2.06. The summed E-state index contributed by atoms with van der Waals surface area (Å²) >= 11 is 11.1. The van der Waals surface area contributed by atoms with E-state index in [2.05, 4.69) is 48.1 Å². The van der Waals surface area contributed by atoms with Crippen LogP contribution >= 0.6 is 38.9 Å². The Morgan fingerprint density at radius 3 is 2.57 bits per heavy atom. The van der Waals surface area contributed by atoms with Crippen LogP contribution in [0.2, 0.25) is 4.34 Å². The second kappa shape index (κ2) is 5.50. The molecule has 0 saturated carbocycles. The van der Waals surface area contributed by atoms with Gasteiger partial charge in [-0.3, -0.25) is 0 Å². The highest BCUT2D eigenvalue weighted by Gasteiger charge is 2.17. The fraction of sp³-hybridized carbons (Fsp3) is 0.600. The van der Waals surface area contributed by atoms with Crippen molar-refractivity contribution < 1.29 is 0 Å². The molecule has 1 atom stereocenters. The normalized spacial score (nSPS) is 13.6. The number of hydrogen-bond donors (Lipinski definition) is 1. The highest BCUT2D eigenvalue weighted by atomic mass is 79.9. The van der Waals surface area contributed by atoms with Gasteiger partial charge in [-0.15, -0.1) is 11.3 Å². The van der Waals surface area contributed by atoms with Crippen LogP contribution in [0.15, 0.2) is 10.5 Å². The van der Waals surface area contributed by atoms with Gasteiger partial charge in [0.05, 0.1) is 0 Å². The van der Waals surface area contributed by atoms with E-state index in [0.29, 0.717) is 12.0 Å². The molecule has 0 fully saturated rings. The highest BCUT2D eigenvalue weighted by molar-refractivity contribution is 9.10. The summed E-state index contributed by atoms with van der Waals surface area (Å²) in [6, 6.07) is 2.52. The van der Waals surface area contributed by atoms with E-state index in [9.17, 15) is 0 Å². The molecular weight excluding hydrogens is 282 g/mol. The molecule has 1 aromatic heterocycles. The maximum atomic E-state index is 6.02. The quantitative estimate of drug-likeness (QED) is 0.864. The van der Waals surface area contributed by atoms with Gasteiger partial charge in [0.1, 0.15) is 4.34 Å². The third-order valence-corrected chi connectivity index (χ3v) is 4.62. The van der Waals surface area contributed by atoms with Crippen LogP contribution in [0.3, 0.4) is 0 Å². The van der Waals surface area contributed by atoms with Gasteiger partial charge in [-0.1, -0.05) is 32.4 Å². The van der Waals surface area contributed by atoms with Crippen molar-refractivity contribution in [3.63, 3.8) is 0 Å². The van der Waals surface area contributed by atoms with Gasteiger partial charge in [0, 0.05) is 15.4 Å². The SMILES string of the molecule is CCNC(c1cc(Br)c(Cl)s1)C(C)C. The molecule has 4 heteroatoms. The molecule has 0 spiro atoms. The molecule has 1 unspecified atom stereocenters. The van der Waals surface area contributed by atoms with Gasteiger partial charge in [0.15, 0.2) is 0 Å². The first-order valence-corrected chi connectivity index (χ1v) is 6.73. The lowest BCUT2D eigenvalue weighted by atomic mass is 10.0. The lowest BCUT2D eigenvalue weighted by Crippen LogP contribution is -2.24. The van der Waals surface area contributed by atoms with Crippen LogP contribution in [0.4, 0.5) is 0 Å². The van der Waals surface area contributed by atoms with Crippen LogP contribution in [0.5, 0.6) is 0 Å². The number of nitrogens with one attached hydrogen (secondary N) is 1. The third kappa shape index (κ3) is 2.96. The molecule has 0 bridgehead atoms. The molecular formula is C10H15BrClNS. The van der Waals surface area contributed by atoms with Gasteiger partial charge in [-0.05, 0) is 34.5 Å². The Hall–Kier alpha value is 0.430. The van der Waals surface area contributed by atoms with Gasteiger partial charge in [0.2, 0.25) is 0 Å². The number of thiophene rings is 1. The summed E-state index contributed by atoms with van der Waals surface area (Å²) in [5, 5.41) is 3.47. The number of halogens is 2. The maximum absolute atomic E-state index is 6.02. The summed E-state index contributed by atoms with van der Waals surface area (Å²) in [7, 11) is 0. The zero-order valence-corrected chi connectivity index (χ0v) is 11.8. The Kier molecular flexibility index (Phi) is 4.91. The molecule has 14 heavy (non-hydrogen) atoms. The van der Waals surface area contributed by atoms with Crippen LogP contribution in [0.25, 0.3) is 0 Å². The lowest BCUT2D eigenvalue weighted by molar-refractivity contribution is 0.428. The summed E-state index contributed by atoms with van der Waals surface area (Å²) in [6.07, 6.45) is 0. The summed E-state index contributed by atoms with van der Waals surface area (Å²) in [5.74, 6) is 0.580. The van der Waals surface area contributed by atoms with E-state index >= 15 is 0 Å². The molecule has 0 aliphatic carbocycles. The predicted molar refractivity (Wildman–Crippen MR) is 68.3 cm³/mol. The summed E-state index contributed by atoms with van der Waals surface area (Å²) in [4.78, 5) is 1.30. The van der Waals surface area contributed by atoms with E-state index in [4.69, 9.17) is 11.6 Å². The lowest BCUT2D eigenvalue weighted by Gasteiger charge is -2.20. The van der Waals surface area contributed by atoms with E-state index in [1.54, 1.807) is 11.3 Å². The molecule has 1 nitrogen and oxygen atoms in total. The monoisotopic (exact) mass is 295 g/mol. The Labute approximate surface area is 103 Å². The largest absolute Gasteiger partial charge is 0.309 e. The molecule has 0 radical (unpaired) electrons. The molecule has 0 aromatic carbocycles. The Morgan fingerprint density at radius 1 is 1.57 bits per heavy atom. The van der Waals surface area contributed by atoms with Gasteiger partial charge in [0.25, 0.3) is 0 Å². The van der Waals surface area contributed by atoms with Crippen LogP contribution < -0.4 is 5.32 Å². The maximum Gasteiger partial charge on any atom is 0.107 e. The summed E-state index contributed by atoms with van der Waals surface area (Å²) in [6.45, 7) is 7.54. The van der Waals surface area contributed by atoms with Crippen LogP contribution in [0, 0.1) is 5.92 Å². The smallest absolute Gasteiger partial charge is 0.107 e. The van der Waals surface area contributed by atoms with Crippen molar-refractivity contribution in [3.8, 4) is 0 Å². The molecule has 1 rings (SSSR count). The van der Waals surface area contributed by atoms with Crippen molar-refractivity contribution in [2.24, 2.45) is 5.92 Å². The zero-order valence-electron chi connectivity index (χ0n) is 8.60. The van der Waals surface area contributed by atoms with Crippen molar-refractivity contribution in [1.29, 1.82) is 0 Å². The molecule has 80 valence electrons. The van der Waals surface area contributed by atoms with Crippen molar-refractivity contribution >= 4 is 38.9 Å². The van der Waals surface area contributed by atoms with E-state index in [-0.39, 0.29) is 0 Å². The Bertz CT molecular complexity index is 279. The Balaban J connectivity index is 2.87. The van der Waals surface area contributed by atoms with E-state index < -0.39 is 0 Å². The second-order valence-corrected chi connectivity index (χ2v) is 6.09. The van der Waals surface area contributed by atoms with Gasteiger partial charge in [-0.2, -0.15) is 0 Å². The first-order chi connectivity index (χ1) is 6.56. The molecule has 0 aliphatic rings. The van der Waals surface area contributed by atoms with Crippen LogP contribution in [0.1, 0.15) is 31.7 Å². The van der Waals surface area contributed by atoms with Crippen molar-refractivity contribution in [3.05, 3.63) is 19.8 Å². The van der Waals surface area contributed by atoms with Crippen molar-refractivity contribution in [2.45, 2.75) is 26.8 Å². The Morgan fingerprint density at radius 2 is 2.21 bits per heavy atom. The van der Waals surface area contributed by atoms with E-state index in [1.165, 1.54) is 4.88 Å². The minimum absolute atomic E-state index is 0.411. The predicted octanol–water partition coefficient (Wildman–Crippen LogP) is 4.47. The second-order valence-electron chi connectivity index (χ2n) is 3.55. The first-order valence-electron chi connectivity index (χ1n) is 4.74. The fourth-order valence-electron chi connectivity index (χ4n) is 1.40. The van der Waals surface area contributed by atoms with Crippen LogP contribution in [-0.4, -0.2) is 6.54 Å². The molecule has 0 amide bonds. The topological polar surface area (TPSA) is 12.0 Å². The summed E-state index contributed by atoms with van der Waals surface area (Å²) in [5.41, 5.74) is 0. The molecule has 1 heterocycles. The molecule has 1 N–H and O–H groups in total. The van der Waals surface area contributed by atoms with Gasteiger partial charge < -0.3 is 5.32 Å². The number of hydrogen-bond acceptors (Lipinski definition) is 2. The number of rotatable bonds is 4. The fourth-order valence-corrected chi connectivity index (χ4v) is 3.39. The standard InChI is InChI=1S/C10H15BrClNS/c1-4-13-9(6(2)3)8-5-7(11)10(12)14-8/h5-6,9,13H,4H2,1-3H3. The minimum Gasteiger partial charge on any atom is -0.309 e. The van der Waals surface area contributed by atoms with Crippen molar-refractivity contribution in [2.75, 3.05) is 6.54 Å². The minimum atomic E-state index is 0.411. The van der Waals surface area contributed by atoms with E-state index in [1.807, 2.05) is 0 Å². The van der Waals surface area contributed by atoms with E-state index in [0.717, 1.165) is 15.4 Å². The molecule has 0 saturated heterocycles. The van der Waals surface area contributed by atoms with Crippen molar-refractivity contribution in [1.82, 2.24) is 5.32 Å². The molecule has 1 aromatic rings. The van der Waals surface area contributed by atoms with Crippen LogP contribution in [-0.2, 0) is 0 Å². The first kappa shape index (κ1) is 12.5. The average Bonchev–Trinajstić information content (AvgIpc) is 2.42. The average molecular weight is 297 g/mol. The zero-order chi connectivity index (χ0) is 10.7. The summed E-state index contributed by atoms with van der Waals surface area (Å²) < 4.78 is 1.84. The molecule has 0 aliphatic heterocycles. The van der Waals surface area contributed by atoms with Gasteiger partial charge in [-0.25, -0.2) is 0 Å². The highest BCUT2D eigenvalue weighted by Crippen LogP contribution is 2.37. The van der Waals surface area contributed by atoms with Gasteiger partial charge >= 0.3 is 0 Å².